The van der Waals surface area contributed by atoms with E-state index in [-0.39, 0.29) is 18.2 Å². The van der Waals surface area contributed by atoms with Gasteiger partial charge in [0, 0.05) is 10.7 Å². The highest BCUT2D eigenvalue weighted by Gasteiger charge is 2.17. The van der Waals surface area contributed by atoms with E-state index >= 15 is 0 Å². The molecule has 3 aromatic rings. The average molecular weight is 358 g/mol. The molecule has 0 aliphatic carbocycles. The van der Waals surface area contributed by atoms with Crippen molar-refractivity contribution < 1.29 is 9.21 Å². The first kappa shape index (κ1) is 16.4. The van der Waals surface area contributed by atoms with Crippen molar-refractivity contribution in [2.45, 2.75) is 5.22 Å². The van der Waals surface area contributed by atoms with Gasteiger partial charge in [-0.05, 0) is 30.3 Å². The Kier molecular flexibility index (Phi) is 5.04. The van der Waals surface area contributed by atoms with Crippen molar-refractivity contribution in [3.63, 3.8) is 0 Å². The van der Waals surface area contributed by atoms with E-state index < -0.39 is 0 Å². The van der Waals surface area contributed by atoms with Gasteiger partial charge in [0.25, 0.3) is 5.22 Å². The van der Waals surface area contributed by atoms with E-state index in [0.29, 0.717) is 27.0 Å². The third-order valence-corrected chi connectivity index (χ3v) is 4.29. The number of para-hydroxylation sites is 1. The van der Waals surface area contributed by atoms with Gasteiger partial charge in [0.15, 0.2) is 5.58 Å². The molecule has 0 aliphatic heterocycles. The van der Waals surface area contributed by atoms with Crippen LogP contribution in [0.4, 0.5) is 5.69 Å². The van der Waals surface area contributed by atoms with Gasteiger partial charge in [-0.25, -0.2) is 4.98 Å². The van der Waals surface area contributed by atoms with Gasteiger partial charge >= 0.3 is 0 Å². The summed E-state index contributed by atoms with van der Waals surface area (Å²) >= 11 is 7.11. The van der Waals surface area contributed by atoms with Gasteiger partial charge in [0.1, 0.15) is 12.1 Å². The molecule has 5 nitrogen and oxygen atoms in total. The fourth-order valence-corrected chi connectivity index (χ4v) is 3.03. The van der Waals surface area contributed by atoms with E-state index in [1.807, 2.05) is 24.3 Å². The molecule has 120 valence electrons. The number of amides is 1. The molecule has 1 heterocycles. The monoisotopic (exact) mass is 357 g/mol. The third kappa shape index (κ3) is 3.70. The van der Waals surface area contributed by atoms with Crippen molar-refractivity contribution in [3.05, 3.63) is 53.6 Å². The molecule has 0 fully saturated rings. The number of benzene rings is 2. The minimum Gasteiger partial charge on any atom is -0.431 e. The topological polar surface area (TPSA) is 70.1 Å². The average Bonchev–Trinajstić information content (AvgIpc) is 3.00. The van der Waals surface area contributed by atoms with Crippen molar-refractivity contribution in [1.29, 1.82) is 5.26 Å². The van der Waals surface area contributed by atoms with Crippen molar-refractivity contribution in [3.8, 4) is 6.07 Å². The maximum Gasteiger partial charge on any atom is 0.257 e. The molecule has 2 aromatic carbocycles. The van der Waals surface area contributed by atoms with Gasteiger partial charge in [-0.15, -0.1) is 0 Å². The Morgan fingerprint density at radius 2 is 2.08 bits per heavy atom. The lowest BCUT2D eigenvalue weighted by atomic mass is 10.3. The lowest BCUT2D eigenvalue weighted by molar-refractivity contribution is -0.116. The molecule has 3 rings (SSSR count). The summed E-state index contributed by atoms with van der Waals surface area (Å²) in [5.74, 6) is -0.0649. The summed E-state index contributed by atoms with van der Waals surface area (Å²) in [6.07, 6.45) is 0. The fraction of sp³-hybridized carbons (Fsp3) is 0.118. The minimum atomic E-state index is -0.187. The van der Waals surface area contributed by atoms with E-state index in [1.165, 1.54) is 16.7 Å². The first-order valence-electron chi connectivity index (χ1n) is 7.08. The molecule has 0 bridgehead atoms. The number of halogens is 1. The second-order valence-electron chi connectivity index (χ2n) is 4.85. The van der Waals surface area contributed by atoms with Crippen LogP contribution in [0.5, 0.6) is 0 Å². The van der Waals surface area contributed by atoms with Crippen LogP contribution >= 0.6 is 23.4 Å². The van der Waals surface area contributed by atoms with Crippen LogP contribution in [-0.4, -0.2) is 23.2 Å². The van der Waals surface area contributed by atoms with Crippen LogP contribution in [0.15, 0.2) is 58.2 Å². The van der Waals surface area contributed by atoms with Crippen LogP contribution in [0, 0.1) is 11.3 Å². The van der Waals surface area contributed by atoms with Crippen LogP contribution in [0.1, 0.15) is 0 Å². The van der Waals surface area contributed by atoms with Crippen molar-refractivity contribution >= 4 is 46.1 Å². The summed E-state index contributed by atoms with van der Waals surface area (Å²) in [5, 5.41) is 9.93. The Labute approximate surface area is 147 Å². The van der Waals surface area contributed by atoms with Crippen molar-refractivity contribution in [2.24, 2.45) is 0 Å². The molecule has 24 heavy (non-hydrogen) atoms. The van der Waals surface area contributed by atoms with Crippen LogP contribution < -0.4 is 4.90 Å². The van der Waals surface area contributed by atoms with E-state index in [9.17, 15) is 4.79 Å². The molecule has 0 atom stereocenters. The Bertz CT molecular complexity index is 905. The number of rotatable bonds is 5. The molecule has 0 saturated heterocycles. The summed E-state index contributed by atoms with van der Waals surface area (Å²) in [6.45, 7) is -0.00737. The maximum absolute atomic E-state index is 12.4. The normalized spacial score (nSPS) is 10.5. The van der Waals surface area contributed by atoms with Crippen LogP contribution in [0.3, 0.4) is 0 Å². The highest BCUT2D eigenvalue weighted by molar-refractivity contribution is 7.99. The predicted molar refractivity (Wildman–Crippen MR) is 94.2 cm³/mol. The molecule has 1 amide bonds. The summed E-state index contributed by atoms with van der Waals surface area (Å²) in [6, 6.07) is 16.3. The fourth-order valence-electron chi connectivity index (χ4n) is 2.14. The Morgan fingerprint density at radius 3 is 2.83 bits per heavy atom. The summed E-state index contributed by atoms with van der Waals surface area (Å²) in [5.41, 5.74) is 1.95. The zero-order chi connectivity index (χ0) is 16.9. The Balaban J connectivity index is 1.71. The first-order chi connectivity index (χ1) is 11.7. The summed E-state index contributed by atoms with van der Waals surface area (Å²) in [4.78, 5) is 18.2. The number of oxazole rings is 1. The Hall–Kier alpha value is -2.49. The van der Waals surface area contributed by atoms with Gasteiger partial charge in [-0.1, -0.05) is 41.6 Å². The predicted octanol–water partition coefficient (Wildman–Crippen LogP) is 4.13. The van der Waals surface area contributed by atoms with Crippen LogP contribution in [-0.2, 0) is 4.79 Å². The largest absolute Gasteiger partial charge is 0.431 e. The van der Waals surface area contributed by atoms with E-state index in [0.717, 1.165) is 0 Å². The molecular weight excluding hydrogens is 346 g/mol. The zero-order valence-corrected chi connectivity index (χ0v) is 14.0. The van der Waals surface area contributed by atoms with Gasteiger partial charge in [-0.3, -0.25) is 9.69 Å². The number of thioether (sulfide) groups is 1. The van der Waals surface area contributed by atoms with E-state index in [4.69, 9.17) is 21.3 Å². The van der Waals surface area contributed by atoms with Gasteiger partial charge in [-0.2, -0.15) is 5.26 Å². The number of carbonyl (C=O) groups excluding carboxylic acids is 1. The molecule has 0 unspecified atom stereocenters. The smallest absolute Gasteiger partial charge is 0.257 e. The number of hydrogen-bond donors (Lipinski definition) is 0. The highest BCUT2D eigenvalue weighted by atomic mass is 35.5. The van der Waals surface area contributed by atoms with Crippen molar-refractivity contribution in [2.75, 3.05) is 17.2 Å². The minimum absolute atomic E-state index is 0.00737. The lowest BCUT2D eigenvalue weighted by Gasteiger charge is -2.18. The number of nitrogens with zero attached hydrogens (tertiary/aromatic N) is 3. The van der Waals surface area contributed by atoms with Crippen LogP contribution in [0.2, 0.25) is 5.02 Å². The van der Waals surface area contributed by atoms with E-state index in [1.54, 1.807) is 30.3 Å². The quantitative estimate of drug-likeness (QED) is 0.507. The molecule has 0 saturated carbocycles. The van der Waals surface area contributed by atoms with Gasteiger partial charge < -0.3 is 4.42 Å². The first-order valence-corrected chi connectivity index (χ1v) is 8.45. The molecular formula is C17H12ClN3O2S. The molecule has 0 radical (unpaired) electrons. The molecule has 0 N–H and O–H groups in total. The van der Waals surface area contributed by atoms with Gasteiger partial charge in [0.05, 0.1) is 11.8 Å². The standard InChI is InChI=1S/C17H12ClN3O2S/c18-12-6-7-15-14(10-12)20-17(23-15)24-11-16(22)21(9-8-19)13-4-2-1-3-5-13/h1-7,10H,9,11H2. The number of hydrogen-bond acceptors (Lipinski definition) is 5. The van der Waals surface area contributed by atoms with Crippen molar-refractivity contribution in [1.82, 2.24) is 4.98 Å². The number of nitriles is 1. The summed E-state index contributed by atoms with van der Waals surface area (Å²) < 4.78 is 5.58. The molecule has 1 aromatic heterocycles. The third-order valence-electron chi connectivity index (χ3n) is 3.25. The molecule has 0 aliphatic rings. The lowest BCUT2D eigenvalue weighted by Crippen LogP contribution is -2.32. The number of fused-ring (bicyclic) bond motifs is 1. The second kappa shape index (κ2) is 7.39. The second-order valence-corrected chi connectivity index (χ2v) is 6.22. The number of carbonyl (C=O) groups is 1. The maximum atomic E-state index is 12.4. The van der Waals surface area contributed by atoms with E-state index in [2.05, 4.69) is 4.98 Å². The molecule has 0 spiro atoms. The molecule has 7 heteroatoms. The SMILES string of the molecule is N#CCN(C(=O)CSc1nc2cc(Cl)ccc2o1)c1ccccc1. The summed E-state index contributed by atoms with van der Waals surface area (Å²) in [7, 11) is 0. The van der Waals surface area contributed by atoms with Gasteiger partial charge in [0.2, 0.25) is 5.91 Å². The Morgan fingerprint density at radius 1 is 1.29 bits per heavy atom. The number of aromatic nitrogens is 1. The number of anilines is 1. The van der Waals surface area contributed by atoms with Crippen LogP contribution in [0.25, 0.3) is 11.1 Å². The highest BCUT2D eigenvalue weighted by Crippen LogP contribution is 2.26. The zero-order valence-electron chi connectivity index (χ0n) is 12.5.